The van der Waals surface area contributed by atoms with Crippen molar-refractivity contribution >= 4 is 27.8 Å². The molecule has 0 fully saturated rings. The van der Waals surface area contributed by atoms with Gasteiger partial charge in [-0.1, -0.05) is 12.1 Å². The zero-order valence-electron chi connectivity index (χ0n) is 13.0. The second-order valence-electron chi connectivity index (χ2n) is 5.68. The summed E-state index contributed by atoms with van der Waals surface area (Å²) in [5, 5.41) is 3.67. The monoisotopic (exact) mass is 322 g/mol. The van der Waals surface area contributed by atoms with Gasteiger partial charge in [0.15, 0.2) is 0 Å². The zero-order valence-corrected chi connectivity index (χ0v) is 13.0. The Morgan fingerprint density at radius 1 is 1.25 bits per heavy atom. The van der Waals surface area contributed by atoms with E-state index in [1.807, 2.05) is 24.3 Å². The Kier molecular flexibility index (Phi) is 3.30. The van der Waals surface area contributed by atoms with Gasteiger partial charge in [0.05, 0.1) is 23.1 Å². The highest BCUT2D eigenvalue weighted by molar-refractivity contribution is 5.98. The van der Waals surface area contributed by atoms with E-state index in [4.69, 9.17) is 0 Å². The van der Waals surface area contributed by atoms with Crippen molar-refractivity contribution < 1.29 is 9.18 Å². The lowest BCUT2D eigenvalue weighted by Crippen LogP contribution is -2.25. The van der Waals surface area contributed by atoms with Gasteiger partial charge in [0.1, 0.15) is 17.3 Å². The van der Waals surface area contributed by atoms with Crippen molar-refractivity contribution in [3.8, 4) is 0 Å². The quantitative estimate of drug-likeness (QED) is 0.609. The van der Waals surface area contributed by atoms with E-state index in [9.17, 15) is 9.18 Å². The third-order valence-corrected chi connectivity index (χ3v) is 4.09. The van der Waals surface area contributed by atoms with Crippen LogP contribution >= 0.6 is 0 Å². The van der Waals surface area contributed by atoms with Crippen LogP contribution in [0.25, 0.3) is 21.9 Å². The summed E-state index contributed by atoms with van der Waals surface area (Å²) in [6.45, 7) is 0.295. The lowest BCUT2D eigenvalue weighted by atomic mass is 10.2. The van der Waals surface area contributed by atoms with Crippen LogP contribution in [0.2, 0.25) is 0 Å². The van der Waals surface area contributed by atoms with Crippen LogP contribution in [-0.4, -0.2) is 20.4 Å². The van der Waals surface area contributed by atoms with Crippen LogP contribution in [0.3, 0.4) is 0 Å². The number of carbonyl (C=O) groups is 1. The third kappa shape index (κ3) is 2.42. The van der Waals surface area contributed by atoms with Crippen molar-refractivity contribution in [3.63, 3.8) is 0 Å². The molecule has 0 unspecified atom stereocenters. The highest BCUT2D eigenvalue weighted by atomic mass is 19.1. The fourth-order valence-corrected chi connectivity index (χ4v) is 2.87. The highest BCUT2D eigenvalue weighted by Crippen LogP contribution is 2.20. The first-order chi connectivity index (χ1) is 11.6. The molecule has 0 aliphatic rings. The first kappa shape index (κ1) is 14.4. The first-order valence-corrected chi connectivity index (χ1v) is 7.58. The van der Waals surface area contributed by atoms with Crippen LogP contribution in [0.1, 0.15) is 16.3 Å². The van der Waals surface area contributed by atoms with Gasteiger partial charge in [-0.05, 0) is 36.4 Å². The van der Waals surface area contributed by atoms with Gasteiger partial charge in [0.2, 0.25) is 0 Å². The van der Waals surface area contributed by atoms with Crippen LogP contribution in [0.4, 0.5) is 4.39 Å². The van der Waals surface area contributed by atoms with Gasteiger partial charge in [-0.15, -0.1) is 0 Å². The summed E-state index contributed by atoms with van der Waals surface area (Å²) in [4.78, 5) is 20.0. The minimum absolute atomic E-state index is 0.227. The molecular weight excluding hydrogens is 307 g/mol. The number of nitrogens with zero attached hydrogens (tertiary/aromatic N) is 2. The van der Waals surface area contributed by atoms with Crippen molar-refractivity contribution in [2.24, 2.45) is 7.05 Å². The summed E-state index contributed by atoms with van der Waals surface area (Å²) in [7, 11) is 1.75. The number of benzene rings is 2. The molecule has 0 saturated heterocycles. The Labute approximate surface area is 137 Å². The SMILES string of the molecule is Cn1c(C(=O)NCc2nc3ccccc3[nH]2)cc2ccc(F)cc21. The molecule has 0 aliphatic carbocycles. The zero-order chi connectivity index (χ0) is 16.7. The second-order valence-corrected chi connectivity index (χ2v) is 5.68. The maximum absolute atomic E-state index is 13.4. The van der Waals surface area contributed by atoms with Gasteiger partial charge in [0, 0.05) is 12.4 Å². The number of hydrogen-bond acceptors (Lipinski definition) is 2. The van der Waals surface area contributed by atoms with Gasteiger partial charge in [-0.3, -0.25) is 4.79 Å². The van der Waals surface area contributed by atoms with E-state index in [2.05, 4.69) is 15.3 Å². The number of aromatic amines is 1. The fraction of sp³-hybridized carbons (Fsp3) is 0.111. The summed E-state index contributed by atoms with van der Waals surface area (Å²) in [6, 6.07) is 13.9. The topological polar surface area (TPSA) is 62.7 Å². The summed E-state index contributed by atoms with van der Waals surface area (Å²) >= 11 is 0. The lowest BCUT2D eigenvalue weighted by molar-refractivity contribution is 0.0942. The summed E-state index contributed by atoms with van der Waals surface area (Å²) in [5.74, 6) is 0.141. The van der Waals surface area contributed by atoms with Gasteiger partial charge < -0.3 is 14.9 Å². The first-order valence-electron chi connectivity index (χ1n) is 7.58. The molecular formula is C18H15FN4O. The Balaban J connectivity index is 1.56. The molecule has 0 atom stereocenters. The minimum atomic E-state index is -0.321. The number of nitrogens with one attached hydrogen (secondary N) is 2. The number of rotatable bonds is 3. The highest BCUT2D eigenvalue weighted by Gasteiger charge is 2.14. The molecule has 4 rings (SSSR count). The van der Waals surface area contributed by atoms with E-state index in [1.165, 1.54) is 12.1 Å². The van der Waals surface area contributed by atoms with E-state index in [0.29, 0.717) is 23.6 Å². The summed E-state index contributed by atoms with van der Waals surface area (Å²) < 4.78 is 15.1. The standard InChI is InChI=1S/C18H15FN4O/c1-23-15-9-12(19)7-6-11(15)8-16(23)18(24)20-10-17-21-13-4-2-3-5-14(13)22-17/h2-9H,10H2,1H3,(H,20,24)(H,21,22). The van der Waals surface area contributed by atoms with Gasteiger partial charge in [0.25, 0.3) is 5.91 Å². The molecule has 0 saturated carbocycles. The van der Waals surface area contributed by atoms with E-state index in [-0.39, 0.29) is 11.7 Å². The molecule has 4 aromatic rings. The number of imidazole rings is 1. The van der Waals surface area contributed by atoms with Crippen LogP contribution in [-0.2, 0) is 13.6 Å². The van der Waals surface area contributed by atoms with E-state index in [1.54, 1.807) is 23.7 Å². The Morgan fingerprint density at radius 2 is 2.08 bits per heavy atom. The molecule has 0 radical (unpaired) electrons. The average molecular weight is 322 g/mol. The van der Waals surface area contributed by atoms with Crippen molar-refractivity contribution in [1.82, 2.24) is 19.9 Å². The average Bonchev–Trinajstić information content (AvgIpc) is 3.14. The molecule has 6 heteroatoms. The molecule has 0 bridgehead atoms. The molecule has 5 nitrogen and oxygen atoms in total. The number of halogens is 1. The van der Waals surface area contributed by atoms with Crippen molar-refractivity contribution in [3.05, 3.63) is 65.9 Å². The number of H-pyrrole nitrogens is 1. The number of para-hydroxylation sites is 2. The van der Waals surface area contributed by atoms with Crippen molar-refractivity contribution in [1.29, 1.82) is 0 Å². The molecule has 2 heterocycles. The number of hydrogen-bond donors (Lipinski definition) is 2. The van der Waals surface area contributed by atoms with E-state index >= 15 is 0 Å². The molecule has 24 heavy (non-hydrogen) atoms. The van der Waals surface area contributed by atoms with E-state index in [0.717, 1.165) is 16.4 Å². The van der Waals surface area contributed by atoms with Gasteiger partial charge in [-0.25, -0.2) is 9.37 Å². The summed E-state index contributed by atoms with van der Waals surface area (Å²) in [5.41, 5.74) is 2.96. The smallest absolute Gasteiger partial charge is 0.268 e. The Hall–Kier alpha value is -3.15. The number of aryl methyl sites for hydroxylation is 1. The number of fused-ring (bicyclic) bond motifs is 2. The predicted octanol–water partition coefficient (Wildman–Crippen LogP) is 3.12. The minimum Gasteiger partial charge on any atom is -0.344 e. The largest absolute Gasteiger partial charge is 0.344 e. The van der Waals surface area contributed by atoms with Crippen LogP contribution in [0.5, 0.6) is 0 Å². The van der Waals surface area contributed by atoms with Crippen molar-refractivity contribution in [2.75, 3.05) is 0 Å². The summed E-state index contributed by atoms with van der Waals surface area (Å²) in [6.07, 6.45) is 0. The maximum Gasteiger partial charge on any atom is 0.268 e. The normalized spacial score (nSPS) is 11.2. The predicted molar refractivity (Wildman–Crippen MR) is 90.1 cm³/mol. The molecule has 1 amide bonds. The molecule has 2 aromatic carbocycles. The third-order valence-electron chi connectivity index (χ3n) is 4.09. The van der Waals surface area contributed by atoms with Gasteiger partial charge >= 0.3 is 0 Å². The van der Waals surface area contributed by atoms with Crippen LogP contribution < -0.4 is 5.32 Å². The van der Waals surface area contributed by atoms with Gasteiger partial charge in [-0.2, -0.15) is 0 Å². The maximum atomic E-state index is 13.4. The molecule has 0 aliphatic heterocycles. The molecule has 0 spiro atoms. The Morgan fingerprint density at radius 3 is 2.92 bits per heavy atom. The number of carbonyl (C=O) groups excluding carboxylic acids is 1. The van der Waals surface area contributed by atoms with Crippen molar-refractivity contribution in [2.45, 2.75) is 6.54 Å². The number of amides is 1. The Bertz CT molecular complexity index is 1030. The van der Waals surface area contributed by atoms with E-state index < -0.39 is 0 Å². The molecule has 2 N–H and O–H groups in total. The lowest BCUT2D eigenvalue weighted by Gasteiger charge is -2.05. The number of aromatic nitrogens is 3. The fourth-order valence-electron chi connectivity index (χ4n) is 2.87. The van der Waals surface area contributed by atoms with Crippen LogP contribution in [0.15, 0.2) is 48.5 Å². The molecule has 2 aromatic heterocycles. The second kappa shape index (κ2) is 5.49. The van der Waals surface area contributed by atoms with Crippen LogP contribution in [0, 0.1) is 5.82 Å². The molecule has 120 valence electrons.